The lowest BCUT2D eigenvalue weighted by Crippen LogP contribution is -2.42. The first-order valence-electron chi connectivity index (χ1n) is 7.84. The fourth-order valence-corrected chi connectivity index (χ4v) is 2.18. The van der Waals surface area contributed by atoms with Crippen LogP contribution in [-0.2, 0) is 0 Å². The van der Waals surface area contributed by atoms with Crippen molar-refractivity contribution in [3.63, 3.8) is 0 Å². The van der Waals surface area contributed by atoms with Crippen LogP contribution in [0.4, 0.5) is 21.7 Å². The molecule has 1 atom stereocenters. The summed E-state index contributed by atoms with van der Waals surface area (Å²) >= 11 is 6.03. The molecular weight excluding hydrogens is 375 g/mol. The smallest absolute Gasteiger partial charge is 0.255 e. The van der Waals surface area contributed by atoms with E-state index >= 15 is 0 Å². The molecule has 2 heterocycles. The van der Waals surface area contributed by atoms with Crippen LogP contribution in [0.3, 0.4) is 0 Å². The van der Waals surface area contributed by atoms with E-state index in [4.69, 9.17) is 22.6 Å². The van der Waals surface area contributed by atoms with E-state index in [2.05, 4.69) is 20.6 Å². The Bertz CT molecular complexity index is 894. The Morgan fingerprint density at radius 1 is 1.44 bits per heavy atom. The number of anilines is 3. The monoisotopic (exact) mass is 392 g/mol. The number of carbonyl (C=O) groups excluding carboxylic acids is 1. The number of pyridine rings is 2. The molecule has 10 heteroatoms. The second kappa shape index (κ2) is 8.16. The van der Waals surface area contributed by atoms with Crippen LogP contribution in [0.1, 0.15) is 29.8 Å². The van der Waals surface area contributed by atoms with Crippen LogP contribution >= 0.6 is 11.6 Å². The zero-order valence-electron chi connectivity index (χ0n) is 14.6. The number of rotatable bonds is 6. The van der Waals surface area contributed by atoms with E-state index in [0.717, 1.165) is 0 Å². The highest BCUT2D eigenvalue weighted by molar-refractivity contribution is 6.33. The minimum absolute atomic E-state index is 0.0578. The maximum absolute atomic E-state index is 13.7. The lowest BCUT2D eigenvalue weighted by atomic mass is 10.0. The van der Waals surface area contributed by atoms with Crippen molar-refractivity contribution in [1.82, 2.24) is 15.3 Å². The van der Waals surface area contributed by atoms with E-state index in [1.165, 1.54) is 38.4 Å². The summed E-state index contributed by atoms with van der Waals surface area (Å²) in [6.07, 6.45) is 0.929. The molecule has 0 aromatic carbocycles. The fraction of sp³-hybridized carbons (Fsp3) is 0.294. The highest BCUT2D eigenvalue weighted by atomic mass is 35.5. The summed E-state index contributed by atoms with van der Waals surface area (Å²) < 4.78 is 13.7. The summed E-state index contributed by atoms with van der Waals surface area (Å²) in [5.74, 6) is -0.0683. The predicted octanol–water partition coefficient (Wildman–Crippen LogP) is 2.17. The third-order valence-electron chi connectivity index (χ3n) is 3.61. The molecule has 1 amide bonds. The summed E-state index contributed by atoms with van der Waals surface area (Å²) in [4.78, 5) is 20.2. The normalized spacial score (nSPS) is 12.1. The SMILES string of the molecule is CC(C)(O)[C@H](F)CNC(=O)c1cnc(Nc2ncc(C#N)cc2Cl)cc1N. The van der Waals surface area contributed by atoms with Crippen LogP contribution in [0, 0.1) is 11.3 Å². The van der Waals surface area contributed by atoms with Gasteiger partial charge in [-0.15, -0.1) is 0 Å². The number of hydrogen-bond donors (Lipinski definition) is 4. The number of nitrogens with one attached hydrogen (secondary N) is 2. The maximum Gasteiger partial charge on any atom is 0.255 e. The second-order valence-electron chi connectivity index (χ2n) is 6.28. The van der Waals surface area contributed by atoms with E-state index in [1.54, 1.807) is 0 Å². The Morgan fingerprint density at radius 3 is 2.70 bits per heavy atom. The molecule has 2 aromatic rings. The number of nitrogens with zero attached hydrogens (tertiary/aromatic N) is 3. The molecule has 0 aliphatic heterocycles. The van der Waals surface area contributed by atoms with Crippen molar-refractivity contribution in [1.29, 1.82) is 5.26 Å². The maximum atomic E-state index is 13.7. The van der Waals surface area contributed by atoms with Crippen LogP contribution in [0.5, 0.6) is 0 Å². The van der Waals surface area contributed by atoms with Gasteiger partial charge in [-0.25, -0.2) is 14.4 Å². The standard InChI is InChI=1S/C17H18ClFN6O2/c1-17(2,27)13(19)8-24-16(26)10-7-22-14(4-12(10)21)25-15-11(18)3-9(5-20)6-23-15/h3-4,6-7,13,27H,8H2,1-2H3,(H,24,26)(H3,21,22,23,25)/t13-/m1/s1. The van der Waals surface area contributed by atoms with Gasteiger partial charge in [0.2, 0.25) is 0 Å². The van der Waals surface area contributed by atoms with E-state index < -0.39 is 17.7 Å². The lowest BCUT2D eigenvalue weighted by molar-refractivity contribution is -0.00177. The number of carbonyl (C=O) groups is 1. The number of aromatic nitrogens is 2. The number of amides is 1. The lowest BCUT2D eigenvalue weighted by Gasteiger charge is -2.22. The molecule has 0 saturated carbocycles. The van der Waals surface area contributed by atoms with E-state index in [0.29, 0.717) is 5.56 Å². The van der Waals surface area contributed by atoms with Crippen molar-refractivity contribution in [3.05, 3.63) is 40.7 Å². The highest BCUT2D eigenvalue weighted by Gasteiger charge is 2.27. The van der Waals surface area contributed by atoms with Crippen LogP contribution in [-0.4, -0.2) is 39.3 Å². The van der Waals surface area contributed by atoms with Gasteiger partial charge in [0.1, 0.15) is 23.9 Å². The largest absolute Gasteiger partial charge is 0.398 e. The quantitative estimate of drug-likeness (QED) is 0.591. The molecule has 2 rings (SSSR count). The molecule has 142 valence electrons. The molecule has 0 bridgehead atoms. The van der Waals surface area contributed by atoms with Crippen molar-refractivity contribution >= 4 is 34.8 Å². The van der Waals surface area contributed by atoms with Gasteiger partial charge in [0.25, 0.3) is 5.91 Å². The van der Waals surface area contributed by atoms with Gasteiger partial charge in [-0.3, -0.25) is 4.79 Å². The third-order valence-corrected chi connectivity index (χ3v) is 3.89. The molecule has 8 nitrogen and oxygen atoms in total. The summed E-state index contributed by atoms with van der Waals surface area (Å²) in [7, 11) is 0. The minimum Gasteiger partial charge on any atom is -0.398 e. The van der Waals surface area contributed by atoms with Crippen LogP contribution in [0.15, 0.2) is 24.5 Å². The number of nitriles is 1. The average molecular weight is 393 g/mol. The van der Waals surface area contributed by atoms with Crippen molar-refractivity contribution in [3.8, 4) is 6.07 Å². The van der Waals surface area contributed by atoms with E-state index in [-0.39, 0.29) is 34.5 Å². The van der Waals surface area contributed by atoms with Crippen LogP contribution < -0.4 is 16.4 Å². The molecule has 0 radical (unpaired) electrons. The molecule has 0 aliphatic carbocycles. The zero-order chi connectivity index (χ0) is 20.2. The van der Waals surface area contributed by atoms with Gasteiger partial charge in [0.05, 0.1) is 28.3 Å². The first-order valence-corrected chi connectivity index (χ1v) is 8.22. The molecule has 27 heavy (non-hydrogen) atoms. The molecule has 2 aromatic heterocycles. The fourth-order valence-electron chi connectivity index (χ4n) is 1.97. The molecular formula is C17H18ClFN6O2. The van der Waals surface area contributed by atoms with Gasteiger partial charge in [-0.2, -0.15) is 5.26 Å². The van der Waals surface area contributed by atoms with Crippen molar-refractivity contribution in [2.45, 2.75) is 25.6 Å². The second-order valence-corrected chi connectivity index (χ2v) is 6.69. The van der Waals surface area contributed by atoms with Crippen LogP contribution in [0.2, 0.25) is 5.02 Å². The van der Waals surface area contributed by atoms with Crippen LogP contribution in [0.25, 0.3) is 0 Å². The number of aliphatic hydroxyl groups is 1. The minimum atomic E-state index is -1.64. The number of nitrogen functional groups attached to an aromatic ring is 1. The number of alkyl halides is 1. The Balaban J connectivity index is 2.09. The van der Waals surface area contributed by atoms with Gasteiger partial charge >= 0.3 is 0 Å². The topological polar surface area (TPSA) is 137 Å². The molecule has 0 aliphatic rings. The van der Waals surface area contributed by atoms with Gasteiger partial charge < -0.3 is 21.5 Å². The first kappa shape index (κ1) is 20.4. The molecule has 0 unspecified atom stereocenters. The average Bonchev–Trinajstić information content (AvgIpc) is 2.60. The molecule has 0 spiro atoms. The number of nitrogens with two attached hydrogens (primary N) is 1. The third kappa shape index (κ3) is 5.26. The number of halogens is 2. The highest BCUT2D eigenvalue weighted by Crippen LogP contribution is 2.24. The Hall–Kier alpha value is -2.96. The summed E-state index contributed by atoms with van der Waals surface area (Å²) in [6, 6.07) is 4.76. The van der Waals surface area contributed by atoms with Crippen molar-refractivity contribution in [2.24, 2.45) is 0 Å². The van der Waals surface area contributed by atoms with Gasteiger partial charge in [-0.1, -0.05) is 11.6 Å². The predicted molar refractivity (Wildman–Crippen MR) is 99.4 cm³/mol. The zero-order valence-corrected chi connectivity index (χ0v) is 15.4. The Kier molecular flexibility index (Phi) is 6.15. The Labute approximate surface area is 160 Å². The van der Waals surface area contributed by atoms with Crippen molar-refractivity contribution < 1.29 is 14.3 Å². The van der Waals surface area contributed by atoms with E-state index in [1.807, 2.05) is 6.07 Å². The Morgan fingerprint density at radius 2 is 2.15 bits per heavy atom. The van der Waals surface area contributed by atoms with Crippen molar-refractivity contribution in [2.75, 3.05) is 17.6 Å². The summed E-state index contributed by atoms with van der Waals surface area (Å²) in [5.41, 5.74) is 4.77. The molecule has 5 N–H and O–H groups in total. The van der Waals surface area contributed by atoms with E-state index in [9.17, 15) is 14.3 Å². The summed E-state index contributed by atoms with van der Waals surface area (Å²) in [6.45, 7) is 2.25. The van der Waals surface area contributed by atoms with Gasteiger partial charge in [-0.05, 0) is 19.9 Å². The number of hydrogen-bond acceptors (Lipinski definition) is 7. The first-order chi connectivity index (χ1) is 12.6. The van der Waals surface area contributed by atoms with Gasteiger partial charge in [0, 0.05) is 24.1 Å². The summed E-state index contributed by atoms with van der Waals surface area (Å²) in [5, 5.41) is 23.8. The molecule has 0 fully saturated rings. The van der Waals surface area contributed by atoms with Gasteiger partial charge in [0.15, 0.2) is 0 Å². The molecule has 0 saturated heterocycles.